The number of halogens is 2. The maximum absolute atomic E-state index is 13.2. The van der Waals surface area contributed by atoms with Crippen LogP contribution >= 0.6 is 0 Å². The van der Waals surface area contributed by atoms with Crippen LogP contribution in [0, 0.1) is 11.6 Å². The average Bonchev–Trinajstić information content (AvgIpc) is 3.13. The van der Waals surface area contributed by atoms with Crippen LogP contribution < -0.4 is 10.6 Å². The van der Waals surface area contributed by atoms with Crippen LogP contribution in [0.4, 0.5) is 14.5 Å². The average molecular weight is 314 g/mol. The third-order valence-corrected chi connectivity index (χ3v) is 4.62. The molecule has 2 aromatic carbocycles. The number of anilines is 1. The fourth-order valence-electron chi connectivity index (χ4n) is 3.55. The predicted octanol–water partition coefficient (Wildman–Crippen LogP) is 3.63. The molecule has 0 saturated carbocycles. The normalized spacial score (nSPS) is 21.3. The molecule has 0 aliphatic carbocycles. The van der Waals surface area contributed by atoms with Crippen LogP contribution in [-0.2, 0) is 11.2 Å². The lowest BCUT2D eigenvalue weighted by atomic mass is 9.91. The molecule has 0 spiro atoms. The second-order valence-corrected chi connectivity index (χ2v) is 6.17. The van der Waals surface area contributed by atoms with E-state index >= 15 is 0 Å². The van der Waals surface area contributed by atoms with Gasteiger partial charge in [-0.25, -0.2) is 8.78 Å². The third kappa shape index (κ3) is 2.61. The van der Waals surface area contributed by atoms with Crippen molar-refractivity contribution in [2.45, 2.75) is 31.3 Å². The van der Waals surface area contributed by atoms with Crippen LogP contribution in [0.1, 0.15) is 41.6 Å². The lowest BCUT2D eigenvalue weighted by Gasteiger charge is -2.15. The Morgan fingerprint density at radius 3 is 2.61 bits per heavy atom. The second-order valence-electron chi connectivity index (χ2n) is 6.17. The summed E-state index contributed by atoms with van der Waals surface area (Å²) in [6.45, 7) is 0. The van der Waals surface area contributed by atoms with Crippen LogP contribution in [0.3, 0.4) is 0 Å². The molecule has 2 aliphatic heterocycles. The highest BCUT2D eigenvalue weighted by molar-refractivity contribution is 5.92. The standard InChI is InChI=1S/C18H16F2N2O/c19-14-4-1-10(7-15(14)20)8-18(23)21-11-2-3-12-13(9-11)17-6-5-16(12)22-17/h1-4,7,9,16-17,22H,5-6,8H2,(H,21,23). The number of carbonyl (C=O) groups is 1. The van der Waals surface area contributed by atoms with E-state index in [9.17, 15) is 13.6 Å². The van der Waals surface area contributed by atoms with Gasteiger partial charge >= 0.3 is 0 Å². The first-order valence-corrected chi connectivity index (χ1v) is 7.74. The summed E-state index contributed by atoms with van der Waals surface area (Å²) < 4.78 is 26.1. The Hall–Kier alpha value is -2.27. The summed E-state index contributed by atoms with van der Waals surface area (Å²) in [5.41, 5.74) is 3.76. The monoisotopic (exact) mass is 314 g/mol. The summed E-state index contributed by atoms with van der Waals surface area (Å²) >= 11 is 0. The van der Waals surface area contributed by atoms with Crippen LogP contribution in [0.15, 0.2) is 36.4 Å². The fraction of sp³-hybridized carbons (Fsp3) is 0.278. The lowest BCUT2D eigenvalue weighted by molar-refractivity contribution is -0.115. The quantitative estimate of drug-likeness (QED) is 0.908. The molecule has 2 atom stereocenters. The highest BCUT2D eigenvalue weighted by Gasteiger charge is 2.36. The number of benzene rings is 2. The van der Waals surface area contributed by atoms with Crippen molar-refractivity contribution < 1.29 is 13.6 Å². The van der Waals surface area contributed by atoms with Gasteiger partial charge in [-0.05, 0) is 53.8 Å². The van der Waals surface area contributed by atoms with E-state index in [1.54, 1.807) is 0 Å². The lowest BCUT2D eigenvalue weighted by Crippen LogP contribution is -2.15. The molecular weight excluding hydrogens is 298 g/mol. The van der Waals surface area contributed by atoms with Gasteiger partial charge in [-0.15, -0.1) is 0 Å². The first-order valence-electron chi connectivity index (χ1n) is 7.74. The van der Waals surface area contributed by atoms with Crippen LogP contribution in [0.2, 0.25) is 0 Å². The van der Waals surface area contributed by atoms with Crippen LogP contribution in [0.5, 0.6) is 0 Å². The molecule has 23 heavy (non-hydrogen) atoms. The molecule has 3 nitrogen and oxygen atoms in total. The second kappa shape index (κ2) is 5.42. The van der Waals surface area contributed by atoms with E-state index in [2.05, 4.69) is 16.7 Å². The molecule has 2 bridgehead atoms. The Bertz CT molecular complexity index is 791. The maximum Gasteiger partial charge on any atom is 0.228 e. The van der Waals surface area contributed by atoms with E-state index in [0.29, 0.717) is 17.6 Å². The molecule has 0 radical (unpaired) electrons. The molecule has 1 amide bonds. The van der Waals surface area contributed by atoms with Gasteiger partial charge in [0, 0.05) is 17.8 Å². The van der Waals surface area contributed by atoms with Crippen molar-refractivity contribution in [1.82, 2.24) is 5.32 Å². The van der Waals surface area contributed by atoms with Gasteiger partial charge in [-0.2, -0.15) is 0 Å². The first kappa shape index (κ1) is 14.3. The summed E-state index contributed by atoms with van der Waals surface area (Å²) in [5, 5.41) is 6.37. The predicted molar refractivity (Wildman–Crippen MR) is 83.0 cm³/mol. The van der Waals surface area contributed by atoms with E-state index in [4.69, 9.17) is 0 Å². The molecule has 2 aromatic rings. The number of rotatable bonds is 3. The minimum Gasteiger partial charge on any atom is -0.326 e. The molecule has 0 aromatic heterocycles. The van der Waals surface area contributed by atoms with E-state index < -0.39 is 11.6 Å². The van der Waals surface area contributed by atoms with E-state index in [0.717, 1.165) is 24.2 Å². The smallest absolute Gasteiger partial charge is 0.228 e. The zero-order valence-electron chi connectivity index (χ0n) is 12.4. The first-order chi connectivity index (χ1) is 11.1. The third-order valence-electron chi connectivity index (χ3n) is 4.62. The summed E-state index contributed by atoms with van der Waals surface area (Å²) in [6.07, 6.45) is 2.31. The molecule has 4 rings (SSSR count). The maximum atomic E-state index is 13.2. The largest absolute Gasteiger partial charge is 0.326 e. The van der Waals surface area contributed by atoms with Crippen molar-refractivity contribution in [1.29, 1.82) is 0 Å². The summed E-state index contributed by atoms with van der Waals surface area (Å²) in [6, 6.07) is 10.3. The number of amides is 1. The molecule has 5 heteroatoms. The molecular formula is C18H16F2N2O. The Labute approximate surface area is 132 Å². The van der Waals surface area contributed by atoms with Crippen molar-refractivity contribution in [2.24, 2.45) is 0 Å². The fourth-order valence-corrected chi connectivity index (χ4v) is 3.55. The topological polar surface area (TPSA) is 41.1 Å². The van der Waals surface area contributed by atoms with E-state index in [-0.39, 0.29) is 12.3 Å². The van der Waals surface area contributed by atoms with Gasteiger partial charge in [0.1, 0.15) is 0 Å². The summed E-state index contributed by atoms with van der Waals surface area (Å²) in [4.78, 5) is 12.1. The van der Waals surface area contributed by atoms with E-state index in [1.807, 2.05) is 12.1 Å². The molecule has 1 saturated heterocycles. The zero-order valence-corrected chi connectivity index (χ0v) is 12.4. The molecule has 2 unspecified atom stereocenters. The van der Waals surface area contributed by atoms with Crippen LogP contribution in [0.25, 0.3) is 0 Å². The van der Waals surface area contributed by atoms with Gasteiger partial charge in [-0.3, -0.25) is 4.79 Å². The molecule has 2 heterocycles. The number of carbonyl (C=O) groups excluding carboxylic acids is 1. The highest BCUT2D eigenvalue weighted by atomic mass is 19.2. The van der Waals surface area contributed by atoms with Gasteiger partial charge in [-0.1, -0.05) is 12.1 Å². The number of hydrogen-bond donors (Lipinski definition) is 2. The van der Waals surface area contributed by atoms with Gasteiger partial charge < -0.3 is 10.6 Å². The zero-order chi connectivity index (χ0) is 16.0. The molecule has 2 aliphatic rings. The minimum absolute atomic E-state index is 0.0125. The van der Waals surface area contributed by atoms with Crippen molar-refractivity contribution in [2.75, 3.05) is 5.32 Å². The molecule has 2 N–H and O–H groups in total. The van der Waals surface area contributed by atoms with Gasteiger partial charge in [0.05, 0.1) is 6.42 Å². The number of nitrogens with one attached hydrogen (secondary N) is 2. The van der Waals surface area contributed by atoms with Gasteiger partial charge in [0.2, 0.25) is 5.91 Å². The van der Waals surface area contributed by atoms with E-state index in [1.165, 1.54) is 23.6 Å². The Balaban J connectivity index is 1.47. The Morgan fingerprint density at radius 2 is 1.83 bits per heavy atom. The number of fused-ring (bicyclic) bond motifs is 5. The van der Waals surface area contributed by atoms with Crippen molar-refractivity contribution in [3.05, 3.63) is 64.7 Å². The summed E-state index contributed by atoms with van der Waals surface area (Å²) in [7, 11) is 0. The van der Waals surface area contributed by atoms with Crippen molar-refractivity contribution >= 4 is 11.6 Å². The number of hydrogen-bond acceptors (Lipinski definition) is 2. The van der Waals surface area contributed by atoms with Crippen LogP contribution in [-0.4, -0.2) is 5.91 Å². The van der Waals surface area contributed by atoms with Crippen molar-refractivity contribution in [3.8, 4) is 0 Å². The Kier molecular flexibility index (Phi) is 3.38. The SMILES string of the molecule is O=C(Cc1ccc(F)c(F)c1)Nc1ccc2c(c1)C1CCC2N1. The molecule has 1 fully saturated rings. The molecule has 118 valence electrons. The Morgan fingerprint density at radius 1 is 1.04 bits per heavy atom. The highest BCUT2D eigenvalue weighted by Crippen LogP contribution is 2.45. The van der Waals surface area contributed by atoms with Crippen molar-refractivity contribution in [3.63, 3.8) is 0 Å². The summed E-state index contributed by atoms with van der Waals surface area (Å²) in [5.74, 6) is -2.09. The van der Waals surface area contributed by atoms with Gasteiger partial charge in [0.15, 0.2) is 11.6 Å². The minimum atomic E-state index is -0.935. The van der Waals surface area contributed by atoms with Gasteiger partial charge in [0.25, 0.3) is 0 Å².